The minimum absolute atomic E-state index is 0.543. The topological polar surface area (TPSA) is 46.5 Å². The van der Waals surface area contributed by atoms with Gasteiger partial charge in [0.05, 0.1) is 0 Å². The van der Waals surface area contributed by atoms with Crippen LogP contribution in [0.4, 0.5) is 17.6 Å². The molecule has 8 heteroatoms. The van der Waals surface area contributed by atoms with Crippen LogP contribution in [0.3, 0.4) is 0 Å². The second-order valence-electron chi connectivity index (χ2n) is 4.95. The number of aromatic hydroxyl groups is 1. The minimum Gasteiger partial charge on any atom is -0.507 e. The summed E-state index contributed by atoms with van der Waals surface area (Å²) in [5, 5.41) is 9.74. The normalized spacial score (nSPS) is 11.7. The van der Waals surface area contributed by atoms with Crippen LogP contribution in [0.5, 0.6) is 11.5 Å². The van der Waals surface area contributed by atoms with Crippen LogP contribution in [0.1, 0.15) is 15.9 Å². The summed E-state index contributed by atoms with van der Waals surface area (Å²) in [6.45, 7) is -1.72. The van der Waals surface area contributed by atoms with Crippen LogP contribution in [-0.4, -0.2) is 23.7 Å². The molecule has 0 fully saturated rings. The van der Waals surface area contributed by atoms with Crippen LogP contribution in [-0.2, 0) is 0 Å². The van der Waals surface area contributed by atoms with Gasteiger partial charge in [0.1, 0.15) is 22.9 Å². The molecule has 3 nitrogen and oxygen atoms in total. The van der Waals surface area contributed by atoms with Gasteiger partial charge < -0.3 is 9.84 Å². The highest BCUT2D eigenvalue weighted by Gasteiger charge is 2.30. The second-order valence-corrected chi connectivity index (χ2v) is 5.87. The van der Waals surface area contributed by atoms with Gasteiger partial charge in [-0.15, -0.1) is 0 Å². The number of carbonyl (C=O) groups is 1. The molecule has 0 heterocycles. The molecule has 0 aliphatic rings. The van der Waals surface area contributed by atoms with Gasteiger partial charge in [-0.1, -0.05) is 34.1 Å². The van der Waals surface area contributed by atoms with E-state index in [2.05, 4.69) is 20.7 Å². The number of carbonyl (C=O) groups excluding carboxylic acids is 1. The average Bonchev–Trinajstić information content (AvgIpc) is 2.51. The first-order valence-electron chi connectivity index (χ1n) is 6.86. The Kier molecular flexibility index (Phi) is 5.84. The van der Waals surface area contributed by atoms with E-state index >= 15 is 0 Å². The molecule has 0 aliphatic heterocycles. The van der Waals surface area contributed by atoms with E-state index in [1.807, 2.05) is 0 Å². The van der Waals surface area contributed by atoms with Crippen LogP contribution in [0.2, 0.25) is 0 Å². The molecule has 25 heavy (non-hydrogen) atoms. The number of hydrogen-bond acceptors (Lipinski definition) is 3. The van der Waals surface area contributed by atoms with Crippen LogP contribution in [0.15, 0.2) is 46.9 Å². The predicted octanol–water partition coefficient (Wildman–Crippen LogP) is 5.13. The molecule has 0 amide bonds. The first kappa shape index (κ1) is 19.0. The van der Waals surface area contributed by atoms with Gasteiger partial charge >= 0.3 is 6.18 Å². The van der Waals surface area contributed by atoms with Gasteiger partial charge in [0.25, 0.3) is 0 Å². The molecule has 132 valence electrons. The van der Waals surface area contributed by atoms with E-state index in [1.165, 1.54) is 6.08 Å². The fourth-order valence-corrected chi connectivity index (χ4v) is 2.18. The van der Waals surface area contributed by atoms with Crippen molar-refractivity contribution in [2.75, 3.05) is 6.61 Å². The summed E-state index contributed by atoms with van der Waals surface area (Å²) in [7, 11) is 0. The fraction of sp³-hybridized carbons (Fsp3) is 0.118. The second kappa shape index (κ2) is 7.69. The lowest BCUT2D eigenvalue weighted by Gasteiger charge is -2.13. The van der Waals surface area contributed by atoms with Crippen molar-refractivity contribution in [2.24, 2.45) is 0 Å². The summed E-state index contributed by atoms with van der Waals surface area (Å²) in [4.78, 5) is 12.2. The highest BCUT2D eigenvalue weighted by molar-refractivity contribution is 9.10. The van der Waals surface area contributed by atoms with Gasteiger partial charge in [0, 0.05) is 16.6 Å². The molecule has 0 aliphatic carbocycles. The SMILES string of the molecule is O=C(/C=C/c1ccc(Br)cc1)c1c(O)cc(F)cc1OCC(F)(F)F. The van der Waals surface area contributed by atoms with Crippen LogP contribution >= 0.6 is 15.9 Å². The number of ketones is 1. The van der Waals surface area contributed by atoms with Gasteiger partial charge in [-0.25, -0.2) is 4.39 Å². The van der Waals surface area contributed by atoms with Crippen molar-refractivity contribution < 1.29 is 32.2 Å². The molecule has 2 aromatic rings. The molecule has 0 aromatic heterocycles. The highest BCUT2D eigenvalue weighted by Crippen LogP contribution is 2.31. The van der Waals surface area contributed by atoms with Crippen LogP contribution < -0.4 is 4.74 Å². The largest absolute Gasteiger partial charge is 0.507 e. The van der Waals surface area contributed by atoms with E-state index in [-0.39, 0.29) is 0 Å². The van der Waals surface area contributed by atoms with Crippen molar-refractivity contribution in [1.82, 2.24) is 0 Å². The number of halogens is 5. The Balaban J connectivity index is 2.29. The summed E-state index contributed by atoms with van der Waals surface area (Å²) in [6, 6.07) is 8.10. The molecular weight excluding hydrogens is 408 g/mol. The Bertz CT molecular complexity index is 799. The Morgan fingerprint density at radius 3 is 2.44 bits per heavy atom. The summed E-state index contributed by atoms with van der Waals surface area (Å²) in [6.07, 6.45) is -2.21. The van der Waals surface area contributed by atoms with Crippen molar-refractivity contribution >= 4 is 27.8 Å². The van der Waals surface area contributed by atoms with Gasteiger partial charge in [0.2, 0.25) is 0 Å². The zero-order chi connectivity index (χ0) is 18.6. The standard InChI is InChI=1S/C17H11BrF4O3/c18-11-4-1-10(2-5-11)3-6-13(23)16-14(24)7-12(19)8-15(16)25-9-17(20,21)22/h1-8,24H,9H2/b6-3+. The molecule has 2 rings (SSSR count). The van der Waals surface area contributed by atoms with Crippen molar-refractivity contribution in [3.63, 3.8) is 0 Å². The predicted molar refractivity (Wildman–Crippen MR) is 87.1 cm³/mol. The van der Waals surface area contributed by atoms with E-state index in [0.29, 0.717) is 17.7 Å². The zero-order valence-corrected chi connectivity index (χ0v) is 14.1. The van der Waals surface area contributed by atoms with Crippen LogP contribution in [0.25, 0.3) is 6.08 Å². The number of benzene rings is 2. The van der Waals surface area contributed by atoms with Crippen molar-refractivity contribution in [3.05, 3.63) is 63.9 Å². The van der Waals surface area contributed by atoms with E-state index in [4.69, 9.17) is 0 Å². The maximum absolute atomic E-state index is 13.3. The summed E-state index contributed by atoms with van der Waals surface area (Å²) >= 11 is 3.25. The molecular formula is C17H11BrF4O3. The Hall–Kier alpha value is -2.35. The van der Waals surface area contributed by atoms with Crippen molar-refractivity contribution in [1.29, 1.82) is 0 Å². The number of phenolic OH excluding ortho intramolecular Hbond substituents is 1. The van der Waals surface area contributed by atoms with Gasteiger partial charge in [0.15, 0.2) is 12.4 Å². The van der Waals surface area contributed by atoms with Gasteiger partial charge in [-0.3, -0.25) is 4.79 Å². The highest BCUT2D eigenvalue weighted by atomic mass is 79.9. The van der Waals surface area contributed by atoms with E-state index < -0.39 is 41.4 Å². The molecule has 0 atom stereocenters. The lowest BCUT2D eigenvalue weighted by atomic mass is 10.1. The summed E-state index contributed by atoms with van der Waals surface area (Å²) < 4.78 is 55.5. The molecule has 0 saturated carbocycles. The molecule has 2 aromatic carbocycles. The number of allylic oxidation sites excluding steroid dienone is 1. The summed E-state index contributed by atoms with van der Waals surface area (Å²) in [5.74, 6) is -3.33. The third-order valence-electron chi connectivity index (χ3n) is 2.98. The average molecular weight is 419 g/mol. The molecule has 0 spiro atoms. The fourth-order valence-electron chi connectivity index (χ4n) is 1.92. The summed E-state index contributed by atoms with van der Waals surface area (Å²) in [5.41, 5.74) is 0.106. The third-order valence-corrected chi connectivity index (χ3v) is 3.51. The lowest BCUT2D eigenvalue weighted by Crippen LogP contribution is -2.20. The number of hydrogen-bond donors (Lipinski definition) is 1. The van der Waals surface area contributed by atoms with Crippen molar-refractivity contribution in [3.8, 4) is 11.5 Å². The minimum atomic E-state index is -4.67. The molecule has 0 unspecified atom stereocenters. The maximum Gasteiger partial charge on any atom is 0.422 e. The van der Waals surface area contributed by atoms with E-state index in [9.17, 15) is 27.5 Å². The molecule has 1 N–H and O–H groups in total. The molecule has 0 saturated heterocycles. The monoisotopic (exact) mass is 418 g/mol. The Morgan fingerprint density at radius 2 is 1.84 bits per heavy atom. The van der Waals surface area contributed by atoms with Crippen LogP contribution in [0, 0.1) is 5.82 Å². The van der Waals surface area contributed by atoms with Gasteiger partial charge in [-0.05, 0) is 23.8 Å². The first-order chi connectivity index (χ1) is 11.7. The Morgan fingerprint density at radius 1 is 1.20 bits per heavy atom. The lowest BCUT2D eigenvalue weighted by molar-refractivity contribution is -0.153. The number of phenols is 1. The first-order valence-corrected chi connectivity index (χ1v) is 7.65. The van der Waals surface area contributed by atoms with E-state index in [1.54, 1.807) is 24.3 Å². The van der Waals surface area contributed by atoms with Gasteiger partial charge in [-0.2, -0.15) is 13.2 Å². The van der Waals surface area contributed by atoms with Crippen molar-refractivity contribution in [2.45, 2.75) is 6.18 Å². The smallest absolute Gasteiger partial charge is 0.422 e. The number of rotatable bonds is 5. The third kappa shape index (κ3) is 5.60. The number of ether oxygens (including phenoxy) is 1. The number of alkyl halides is 3. The molecule has 0 radical (unpaired) electrons. The Labute approximate surface area is 148 Å². The maximum atomic E-state index is 13.3. The van der Waals surface area contributed by atoms with E-state index in [0.717, 1.165) is 10.5 Å². The quantitative estimate of drug-likeness (QED) is 0.415. The molecule has 0 bridgehead atoms. The zero-order valence-electron chi connectivity index (χ0n) is 12.5.